The molecule has 0 saturated carbocycles. The van der Waals surface area contributed by atoms with Crippen LogP contribution in [0.3, 0.4) is 0 Å². The summed E-state index contributed by atoms with van der Waals surface area (Å²) < 4.78 is 42.3. The highest BCUT2D eigenvalue weighted by Crippen LogP contribution is 2.30. The number of halogens is 3. The lowest BCUT2D eigenvalue weighted by Crippen LogP contribution is -2.20. The van der Waals surface area contributed by atoms with Gasteiger partial charge in [0.1, 0.15) is 5.75 Å². The quantitative estimate of drug-likeness (QED) is 0.875. The molecule has 0 saturated heterocycles. The minimum Gasteiger partial charge on any atom is -0.484 e. The second-order valence-electron chi connectivity index (χ2n) is 4.74. The first-order valence-electron chi connectivity index (χ1n) is 6.69. The zero-order valence-electron chi connectivity index (χ0n) is 12.1. The SMILES string of the molecule is O=C(COc1ccc(C(F)(F)F)cc1)Nc1cccc(C(=O)O)c1. The number of rotatable bonds is 5. The van der Waals surface area contributed by atoms with Gasteiger partial charge in [-0.05, 0) is 42.5 Å². The van der Waals surface area contributed by atoms with E-state index in [2.05, 4.69) is 5.32 Å². The number of anilines is 1. The number of ether oxygens (including phenoxy) is 1. The summed E-state index contributed by atoms with van der Waals surface area (Å²) in [5, 5.41) is 11.3. The van der Waals surface area contributed by atoms with Crippen LogP contribution < -0.4 is 10.1 Å². The van der Waals surface area contributed by atoms with E-state index in [0.29, 0.717) is 0 Å². The van der Waals surface area contributed by atoms with Gasteiger partial charge in [0.25, 0.3) is 5.91 Å². The molecule has 0 aliphatic heterocycles. The van der Waals surface area contributed by atoms with Gasteiger partial charge in [-0.15, -0.1) is 0 Å². The molecule has 0 aliphatic rings. The number of amides is 1. The molecule has 2 aromatic rings. The van der Waals surface area contributed by atoms with Crippen molar-refractivity contribution >= 4 is 17.6 Å². The van der Waals surface area contributed by atoms with Gasteiger partial charge in [0, 0.05) is 5.69 Å². The second kappa shape index (κ2) is 7.03. The van der Waals surface area contributed by atoms with Gasteiger partial charge < -0.3 is 15.2 Å². The van der Waals surface area contributed by atoms with Crippen LogP contribution in [-0.4, -0.2) is 23.6 Å². The lowest BCUT2D eigenvalue weighted by Gasteiger charge is -2.10. The van der Waals surface area contributed by atoms with E-state index in [0.717, 1.165) is 24.3 Å². The fourth-order valence-electron chi connectivity index (χ4n) is 1.82. The third kappa shape index (κ3) is 4.73. The fraction of sp³-hybridized carbons (Fsp3) is 0.125. The summed E-state index contributed by atoms with van der Waals surface area (Å²) in [5.41, 5.74) is -0.530. The summed E-state index contributed by atoms with van der Waals surface area (Å²) in [5.74, 6) is -1.60. The topological polar surface area (TPSA) is 75.6 Å². The number of hydrogen-bond acceptors (Lipinski definition) is 3. The number of carboxylic acids is 1. The minimum atomic E-state index is -4.44. The molecule has 0 aromatic heterocycles. The third-order valence-corrected chi connectivity index (χ3v) is 2.94. The first kappa shape index (κ1) is 17.3. The highest BCUT2D eigenvalue weighted by atomic mass is 19.4. The first-order valence-corrected chi connectivity index (χ1v) is 6.69. The zero-order valence-corrected chi connectivity index (χ0v) is 12.1. The molecule has 2 aromatic carbocycles. The van der Waals surface area contributed by atoms with Crippen molar-refractivity contribution in [2.45, 2.75) is 6.18 Å². The van der Waals surface area contributed by atoms with E-state index >= 15 is 0 Å². The smallest absolute Gasteiger partial charge is 0.416 e. The van der Waals surface area contributed by atoms with Crippen molar-refractivity contribution in [3.8, 4) is 5.75 Å². The maximum absolute atomic E-state index is 12.4. The van der Waals surface area contributed by atoms with Gasteiger partial charge >= 0.3 is 12.1 Å². The van der Waals surface area contributed by atoms with Crippen LogP contribution in [-0.2, 0) is 11.0 Å². The number of nitrogens with one attached hydrogen (secondary N) is 1. The van der Waals surface area contributed by atoms with Gasteiger partial charge in [-0.1, -0.05) is 6.07 Å². The molecule has 5 nitrogen and oxygen atoms in total. The maximum atomic E-state index is 12.4. The lowest BCUT2D eigenvalue weighted by molar-refractivity contribution is -0.137. The molecule has 1 amide bonds. The summed E-state index contributed by atoms with van der Waals surface area (Å²) in [6.45, 7) is -0.428. The number of aromatic carboxylic acids is 1. The molecule has 2 N–H and O–H groups in total. The standard InChI is InChI=1S/C16H12F3NO4/c17-16(18,19)11-4-6-13(7-5-11)24-9-14(21)20-12-3-1-2-10(8-12)15(22)23/h1-8H,9H2,(H,20,21)(H,22,23). The highest BCUT2D eigenvalue weighted by molar-refractivity contribution is 5.94. The van der Waals surface area contributed by atoms with Gasteiger partial charge in [0.15, 0.2) is 6.61 Å². The second-order valence-corrected chi connectivity index (χ2v) is 4.74. The van der Waals surface area contributed by atoms with Crippen LogP contribution in [0.2, 0.25) is 0 Å². The van der Waals surface area contributed by atoms with Crippen molar-refractivity contribution in [1.82, 2.24) is 0 Å². The Kier molecular flexibility index (Phi) is 5.08. The molecule has 2 rings (SSSR count). The van der Waals surface area contributed by atoms with Crippen LogP contribution in [0.4, 0.5) is 18.9 Å². The van der Waals surface area contributed by atoms with Crippen molar-refractivity contribution in [2.24, 2.45) is 0 Å². The molecular weight excluding hydrogens is 327 g/mol. The van der Waals surface area contributed by atoms with E-state index < -0.39 is 30.2 Å². The number of carboxylic acid groups (broad SMARTS) is 1. The predicted molar refractivity (Wildman–Crippen MR) is 79.0 cm³/mol. The molecule has 8 heteroatoms. The normalized spacial score (nSPS) is 11.0. The Morgan fingerprint density at radius 3 is 2.33 bits per heavy atom. The molecular formula is C16H12F3NO4. The van der Waals surface area contributed by atoms with E-state index in [4.69, 9.17) is 9.84 Å². The number of carbonyl (C=O) groups excluding carboxylic acids is 1. The molecule has 0 unspecified atom stereocenters. The molecule has 126 valence electrons. The van der Waals surface area contributed by atoms with E-state index in [-0.39, 0.29) is 17.0 Å². The van der Waals surface area contributed by atoms with E-state index in [1.54, 1.807) is 0 Å². The van der Waals surface area contributed by atoms with Crippen LogP contribution in [0.5, 0.6) is 5.75 Å². The molecule has 24 heavy (non-hydrogen) atoms. The van der Waals surface area contributed by atoms with Gasteiger partial charge in [-0.25, -0.2) is 4.79 Å². The summed E-state index contributed by atoms with van der Waals surface area (Å²) in [6, 6.07) is 9.54. The summed E-state index contributed by atoms with van der Waals surface area (Å²) in [6.07, 6.45) is -4.44. The molecule has 0 heterocycles. The Balaban J connectivity index is 1.91. The highest BCUT2D eigenvalue weighted by Gasteiger charge is 2.30. The molecule has 0 radical (unpaired) electrons. The molecule has 0 fully saturated rings. The number of alkyl halides is 3. The van der Waals surface area contributed by atoms with Crippen LogP contribution in [0.25, 0.3) is 0 Å². The minimum absolute atomic E-state index is 0.0106. The summed E-state index contributed by atoms with van der Waals surface area (Å²) in [4.78, 5) is 22.6. The Morgan fingerprint density at radius 1 is 1.08 bits per heavy atom. The van der Waals surface area contributed by atoms with Gasteiger partial charge in [-0.2, -0.15) is 13.2 Å². The Labute approximate surface area is 134 Å². The van der Waals surface area contributed by atoms with E-state index in [1.807, 2.05) is 0 Å². The predicted octanol–water partition coefficient (Wildman–Crippen LogP) is 3.42. The summed E-state index contributed by atoms with van der Waals surface area (Å²) >= 11 is 0. The molecule has 0 atom stereocenters. The van der Waals surface area contributed by atoms with Crippen LogP contribution >= 0.6 is 0 Å². The number of benzene rings is 2. The van der Waals surface area contributed by atoms with E-state index in [1.165, 1.54) is 24.3 Å². The Bertz CT molecular complexity index is 742. The van der Waals surface area contributed by atoms with Gasteiger partial charge in [0.2, 0.25) is 0 Å². The van der Waals surface area contributed by atoms with Crippen LogP contribution in [0, 0.1) is 0 Å². The largest absolute Gasteiger partial charge is 0.484 e. The Hall–Kier alpha value is -3.03. The van der Waals surface area contributed by atoms with Gasteiger partial charge in [0.05, 0.1) is 11.1 Å². The van der Waals surface area contributed by atoms with Crippen molar-refractivity contribution in [3.05, 3.63) is 59.7 Å². The summed E-state index contributed by atoms with van der Waals surface area (Å²) in [7, 11) is 0. The average Bonchev–Trinajstić information content (AvgIpc) is 2.53. The van der Waals surface area contributed by atoms with Crippen molar-refractivity contribution in [3.63, 3.8) is 0 Å². The number of hydrogen-bond donors (Lipinski definition) is 2. The lowest BCUT2D eigenvalue weighted by atomic mass is 10.2. The molecule has 0 spiro atoms. The van der Waals surface area contributed by atoms with Crippen molar-refractivity contribution < 1.29 is 32.6 Å². The zero-order chi connectivity index (χ0) is 17.7. The number of carbonyl (C=O) groups is 2. The van der Waals surface area contributed by atoms with E-state index in [9.17, 15) is 22.8 Å². The van der Waals surface area contributed by atoms with Gasteiger partial charge in [-0.3, -0.25) is 4.79 Å². The Morgan fingerprint density at radius 2 is 1.75 bits per heavy atom. The van der Waals surface area contributed by atoms with Crippen LogP contribution in [0.1, 0.15) is 15.9 Å². The third-order valence-electron chi connectivity index (χ3n) is 2.94. The maximum Gasteiger partial charge on any atom is 0.416 e. The van der Waals surface area contributed by atoms with Crippen molar-refractivity contribution in [1.29, 1.82) is 0 Å². The van der Waals surface area contributed by atoms with Crippen molar-refractivity contribution in [2.75, 3.05) is 11.9 Å². The van der Waals surface area contributed by atoms with Crippen LogP contribution in [0.15, 0.2) is 48.5 Å². The fourth-order valence-corrected chi connectivity index (χ4v) is 1.82. The average molecular weight is 339 g/mol. The monoisotopic (exact) mass is 339 g/mol. The molecule has 0 bridgehead atoms. The molecule has 0 aliphatic carbocycles. The first-order chi connectivity index (χ1) is 11.3.